The molecule has 0 saturated carbocycles. The molecule has 20 heavy (non-hydrogen) atoms. The van der Waals surface area contributed by atoms with Crippen molar-refractivity contribution in [1.82, 2.24) is 5.32 Å². The molecule has 110 valence electrons. The molecule has 1 fully saturated rings. The number of hydrogen-bond acceptors (Lipinski definition) is 4. The maximum Gasteiger partial charge on any atom is 0.220 e. The molecule has 2 rings (SSSR count). The Balaban J connectivity index is 1.70. The minimum atomic E-state index is -0.548. The maximum atomic E-state index is 11.8. The number of carbonyl (C=O) groups is 1. The molecule has 1 unspecified atom stereocenters. The van der Waals surface area contributed by atoms with Crippen LogP contribution in [0.5, 0.6) is 0 Å². The van der Waals surface area contributed by atoms with Gasteiger partial charge in [0, 0.05) is 18.7 Å². The molecule has 1 aromatic rings. The quantitative estimate of drug-likeness (QED) is 0.800. The van der Waals surface area contributed by atoms with E-state index in [0.717, 1.165) is 11.3 Å². The van der Waals surface area contributed by atoms with Gasteiger partial charge in [-0.15, -0.1) is 0 Å². The minimum Gasteiger partial charge on any atom is -0.399 e. The van der Waals surface area contributed by atoms with Crippen LogP contribution < -0.4 is 11.1 Å². The van der Waals surface area contributed by atoms with E-state index in [-0.39, 0.29) is 12.0 Å². The van der Waals surface area contributed by atoms with Crippen LogP contribution in [-0.2, 0) is 20.7 Å². The van der Waals surface area contributed by atoms with E-state index in [0.29, 0.717) is 26.0 Å². The van der Waals surface area contributed by atoms with E-state index >= 15 is 0 Å². The van der Waals surface area contributed by atoms with Crippen LogP contribution in [0.3, 0.4) is 0 Å². The summed E-state index contributed by atoms with van der Waals surface area (Å²) in [4.78, 5) is 11.8. The second kappa shape index (κ2) is 6.24. The molecule has 1 aromatic carbocycles. The van der Waals surface area contributed by atoms with Crippen LogP contribution in [0, 0.1) is 0 Å². The standard InChI is InChI=1S/C15H22N2O3/c1-15(2)19-10-12(20-15)9-17-14(18)8-7-11-5-3-4-6-13(11)16/h3-6,12H,7-10,16H2,1-2H3,(H,17,18). The number of carbonyl (C=O) groups excluding carboxylic acids is 1. The summed E-state index contributed by atoms with van der Waals surface area (Å²) < 4.78 is 11.1. The van der Waals surface area contributed by atoms with Crippen LogP contribution in [0.15, 0.2) is 24.3 Å². The number of aryl methyl sites for hydroxylation is 1. The number of benzene rings is 1. The van der Waals surface area contributed by atoms with Gasteiger partial charge < -0.3 is 20.5 Å². The molecule has 1 aliphatic heterocycles. The Morgan fingerprint density at radius 2 is 2.20 bits per heavy atom. The van der Waals surface area contributed by atoms with Gasteiger partial charge in [-0.25, -0.2) is 0 Å². The lowest BCUT2D eigenvalue weighted by Gasteiger charge is -2.17. The van der Waals surface area contributed by atoms with E-state index < -0.39 is 5.79 Å². The number of nitrogen functional groups attached to an aromatic ring is 1. The number of ether oxygens (including phenoxy) is 2. The van der Waals surface area contributed by atoms with Crippen LogP contribution in [0.4, 0.5) is 5.69 Å². The van der Waals surface area contributed by atoms with E-state index in [1.807, 2.05) is 38.1 Å². The second-order valence-electron chi connectivity index (χ2n) is 5.45. The van der Waals surface area contributed by atoms with E-state index in [4.69, 9.17) is 15.2 Å². The van der Waals surface area contributed by atoms with Gasteiger partial charge in [-0.2, -0.15) is 0 Å². The largest absolute Gasteiger partial charge is 0.399 e. The van der Waals surface area contributed by atoms with Crippen molar-refractivity contribution >= 4 is 11.6 Å². The average molecular weight is 278 g/mol. The highest BCUT2D eigenvalue weighted by atomic mass is 16.7. The Bertz CT molecular complexity index is 474. The number of anilines is 1. The Kier molecular flexibility index (Phi) is 4.62. The van der Waals surface area contributed by atoms with Crippen molar-refractivity contribution < 1.29 is 14.3 Å². The SMILES string of the molecule is CC1(C)OCC(CNC(=O)CCc2ccccc2N)O1. The molecule has 0 radical (unpaired) electrons. The number of para-hydroxylation sites is 1. The molecular weight excluding hydrogens is 256 g/mol. The molecule has 5 heteroatoms. The van der Waals surface area contributed by atoms with Crippen LogP contribution in [0.1, 0.15) is 25.8 Å². The minimum absolute atomic E-state index is 0.00144. The van der Waals surface area contributed by atoms with E-state index in [2.05, 4.69) is 5.32 Å². The van der Waals surface area contributed by atoms with Crippen molar-refractivity contribution in [3.8, 4) is 0 Å². The van der Waals surface area contributed by atoms with Crippen LogP contribution >= 0.6 is 0 Å². The number of nitrogens with two attached hydrogens (primary N) is 1. The predicted molar refractivity (Wildman–Crippen MR) is 77.1 cm³/mol. The molecule has 0 spiro atoms. The van der Waals surface area contributed by atoms with Gasteiger partial charge in [0.2, 0.25) is 5.91 Å². The van der Waals surface area contributed by atoms with Gasteiger partial charge in [0.05, 0.1) is 6.61 Å². The molecule has 3 N–H and O–H groups in total. The lowest BCUT2D eigenvalue weighted by molar-refractivity contribution is -0.139. The second-order valence-corrected chi connectivity index (χ2v) is 5.45. The monoisotopic (exact) mass is 278 g/mol. The molecule has 5 nitrogen and oxygen atoms in total. The predicted octanol–water partition coefficient (Wildman–Crippen LogP) is 1.47. The smallest absolute Gasteiger partial charge is 0.220 e. The zero-order valence-electron chi connectivity index (χ0n) is 12.0. The van der Waals surface area contributed by atoms with Gasteiger partial charge in [-0.1, -0.05) is 18.2 Å². The highest BCUT2D eigenvalue weighted by molar-refractivity contribution is 5.76. The Hall–Kier alpha value is -1.59. The fourth-order valence-corrected chi connectivity index (χ4v) is 2.19. The fraction of sp³-hybridized carbons (Fsp3) is 0.533. The summed E-state index contributed by atoms with van der Waals surface area (Å²) >= 11 is 0. The molecule has 1 saturated heterocycles. The van der Waals surface area contributed by atoms with Gasteiger partial charge >= 0.3 is 0 Å². The third-order valence-electron chi connectivity index (χ3n) is 3.27. The summed E-state index contributed by atoms with van der Waals surface area (Å²) in [6, 6.07) is 7.60. The van der Waals surface area contributed by atoms with Crippen molar-refractivity contribution in [2.75, 3.05) is 18.9 Å². The summed E-state index contributed by atoms with van der Waals surface area (Å²) in [6.07, 6.45) is 0.993. The molecule has 1 atom stereocenters. The Morgan fingerprint density at radius 1 is 1.45 bits per heavy atom. The van der Waals surface area contributed by atoms with Crippen molar-refractivity contribution in [1.29, 1.82) is 0 Å². The summed E-state index contributed by atoms with van der Waals surface area (Å²) in [7, 11) is 0. The summed E-state index contributed by atoms with van der Waals surface area (Å²) in [5.74, 6) is -0.546. The number of rotatable bonds is 5. The highest BCUT2D eigenvalue weighted by Gasteiger charge is 2.32. The Morgan fingerprint density at radius 3 is 2.85 bits per heavy atom. The maximum absolute atomic E-state index is 11.8. The third kappa shape index (κ3) is 4.21. The molecule has 1 heterocycles. The fourth-order valence-electron chi connectivity index (χ4n) is 2.19. The molecule has 0 bridgehead atoms. The van der Waals surface area contributed by atoms with Gasteiger partial charge in [0.15, 0.2) is 5.79 Å². The van der Waals surface area contributed by atoms with Crippen molar-refractivity contribution in [2.45, 2.75) is 38.6 Å². The first kappa shape index (κ1) is 14.8. The first-order valence-corrected chi connectivity index (χ1v) is 6.88. The molecule has 0 aliphatic carbocycles. The van der Waals surface area contributed by atoms with Gasteiger partial charge in [0.1, 0.15) is 6.10 Å². The first-order chi connectivity index (χ1) is 9.46. The lowest BCUT2D eigenvalue weighted by Crippen LogP contribution is -2.34. The van der Waals surface area contributed by atoms with E-state index in [1.54, 1.807) is 0 Å². The summed E-state index contributed by atoms with van der Waals surface area (Å²) in [5.41, 5.74) is 7.58. The molecular formula is C15H22N2O3. The van der Waals surface area contributed by atoms with Crippen molar-refractivity contribution in [3.63, 3.8) is 0 Å². The van der Waals surface area contributed by atoms with Gasteiger partial charge in [-0.3, -0.25) is 4.79 Å². The zero-order chi connectivity index (χ0) is 14.6. The van der Waals surface area contributed by atoms with Crippen LogP contribution in [-0.4, -0.2) is 30.9 Å². The average Bonchev–Trinajstić information content (AvgIpc) is 2.75. The lowest BCUT2D eigenvalue weighted by atomic mass is 10.1. The Labute approximate surface area is 119 Å². The summed E-state index contributed by atoms with van der Waals surface area (Å²) in [6.45, 7) is 4.73. The third-order valence-corrected chi connectivity index (χ3v) is 3.27. The number of hydrogen-bond donors (Lipinski definition) is 2. The zero-order valence-corrected chi connectivity index (χ0v) is 12.0. The molecule has 1 amide bonds. The van der Waals surface area contributed by atoms with Crippen molar-refractivity contribution in [3.05, 3.63) is 29.8 Å². The number of nitrogens with one attached hydrogen (secondary N) is 1. The number of amides is 1. The van der Waals surface area contributed by atoms with Crippen LogP contribution in [0.2, 0.25) is 0 Å². The van der Waals surface area contributed by atoms with E-state index in [1.165, 1.54) is 0 Å². The van der Waals surface area contributed by atoms with Gasteiger partial charge in [-0.05, 0) is 31.9 Å². The first-order valence-electron chi connectivity index (χ1n) is 6.88. The highest BCUT2D eigenvalue weighted by Crippen LogP contribution is 2.21. The molecule has 0 aromatic heterocycles. The van der Waals surface area contributed by atoms with E-state index in [9.17, 15) is 4.79 Å². The topological polar surface area (TPSA) is 73.6 Å². The molecule has 1 aliphatic rings. The summed E-state index contributed by atoms with van der Waals surface area (Å²) in [5, 5.41) is 2.87. The van der Waals surface area contributed by atoms with Gasteiger partial charge in [0.25, 0.3) is 0 Å². The van der Waals surface area contributed by atoms with Crippen LogP contribution in [0.25, 0.3) is 0 Å². The normalized spacial score (nSPS) is 20.8. The van der Waals surface area contributed by atoms with Crippen molar-refractivity contribution in [2.24, 2.45) is 0 Å².